The van der Waals surface area contributed by atoms with Crippen LogP contribution in [0.2, 0.25) is 0 Å². The second-order valence-corrected chi connectivity index (χ2v) is 7.30. The highest BCUT2D eigenvalue weighted by molar-refractivity contribution is 8.14. The Morgan fingerprint density at radius 2 is 2.20 bits per heavy atom. The van der Waals surface area contributed by atoms with Gasteiger partial charge in [0.05, 0.1) is 0 Å². The molecule has 1 spiro atoms. The van der Waals surface area contributed by atoms with Gasteiger partial charge in [0.2, 0.25) is 5.91 Å². The predicted octanol–water partition coefficient (Wildman–Crippen LogP) is 2.49. The Morgan fingerprint density at radius 3 is 2.80 bits per heavy atom. The van der Waals surface area contributed by atoms with E-state index in [2.05, 4.69) is 17.2 Å². The van der Waals surface area contributed by atoms with Crippen molar-refractivity contribution >= 4 is 22.8 Å². The molecule has 1 saturated heterocycles. The molecule has 0 aromatic carbocycles. The Balaban J connectivity index is 1.95. The summed E-state index contributed by atoms with van der Waals surface area (Å²) < 4.78 is 0. The van der Waals surface area contributed by atoms with E-state index in [1.807, 2.05) is 20.9 Å². The van der Waals surface area contributed by atoms with Gasteiger partial charge in [-0.1, -0.05) is 18.7 Å². The normalized spacial score (nSPS) is 33.2. The third-order valence-electron chi connectivity index (χ3n) is 4.61. The third kappa shape index (κ3) is 3.48. The first kappa shape index (κ1) is 15.7. The fourth-order valence-corrected chi connectivity index (χ4v) is 4.16. The minimum atomic E-state index is -0.285. The average Bonchev–Trinajstić information content (AvgIpc) is 2.83. The number of nitrogens with zero attached hydrogens (tertiary/aromatic N) is 2. The Morgan fingerprint density at radius 1 is 1.55 bits per heavy atom. The fraction of sp³-hybridized carbons (Fsp3) is 0.867. The molecule has 2 rings (SSSR count). The summed E-state index contributed by atoms with van der Waals surface area (Å²) in [5, 5.41) is 4.57. The molecule has 4 nitrogen and oxygen atoms in total. The van der Waals surface area contributed by atoms with Crippen molar-refractivity contribution in [2.45, 2.75) is 58.0 Å². The molecule has 1 N–H and O–H groups in total. The molecule has 2 fully saturated rings. The highest BCUT2D eigenvalue weighted by Gasteiger charge is 2.39. The van der Waals surface area contributed by atoms with Crippen LogP contribution in [0.3, 0.4) is 0 Å². The fourth-order valence-electron chi connectivity index (χ4n) is 2.87. The Hall–Kier alpha value is -0.710. The molecule has 0 bridgehead atoms. The number of rotatable bonds is 3. The van der Waals surface area contributed by atoms with Crippen molar-refractivity contribution in [1.29, 1.82) is 0 Å². The van der Waals surface area contributed by atoms with Gasteiger partial charge in [-0.05, 0) is 45.4 Å². The lowest BCUT2D eigenvalue weighted by Gasteiger charge is -2.35. The highest BCUT2D eigenvalue weighted by atomic mass is 32.2. The number of likely N-dealkylation sites (N-methyl/N-ethyl adjacent to an activating group) is 1. The van der Waals surface area contributed by atoms with E-state index in [1.165, 1.54) is 25.7 Å². The monoisotopic (exact) mass is 297 g/mol. The summed E-state index contributed by atoms with van der Waals surface area (Å²) in [7, 11) is 1.83. The van der Waals surface area contributed by atoms with Crippen molar-refractivity contribution < 1.29 is 4.79 Å². The zero-order valence-corrected chi connectivity index (χ0v) is 13.9. The van der Waals surface area contributed by atoms with Crippen LogP contribution in [-0.2, 0) is 4.79 Å². The minimum Gasteiger partial charge on any atom is -0.359 e. The first-order valence-electron chi connectivity index (χ1n) is 7.69. The van der Waals surface area contributed by atoms with Gasteiger partial charge in [0.1, 0.15) is 6.04 Å². The molecule has 0 radical (unpaired) electrons. The number of carbonyl (C=O) groups excluding carboxylic acids is 1. The minimum absolute atomic E-state index is 0.0978. The molecule has 1 amide bonds. The lowest BCUT2D eigenvalue weighted by atomic mass is 9.78. The van der Waals surface area contributed by atoms with Crippen LogP contribution < -0.4 is 5.32 Å². The van der Waals surface area contributed by atoms with Gasteiger partial charge in [-0.25, -0.2) is 4.99 Å². The van der Waals surface area contributed by atoms with Crippen molar-refractivity contribution in [3.05, 3.63) is 0 Å². The zero-order chi connectivity index (χ0) is 14.8. The van der Waals surface area contributed by atoms with Crippen molar-refractivity contribution in [3.8, 4) is 0 Å². The van der Waals surface area contributed by atoms with E-state index in [1.54, 1.807) is 16.7 Å². The number of hydrogen-bond acceptors (Lipinski definition) is 3. The third-order valence-corrected chi connectivity index (χ3v) is 5.79. The summed E-state index contributed by atoms with van der Waals surface area (Å²) in [6.07, 6.45) is 5.07. The maximum atomic E-state index is 12.1. The SMILES string of the molecule is CCN(C)C(=O)C(C)N=C1NC2(CCC(C)CC2)CS1. The Kier molecular flexibility index (Phi) is 4.99. The quantitative estimate of drug-likeness (QED) is 0.870. The molecule has 1 saturated carbocycles. The van der Waals surface area contributed by atoms with Crippen molar-refractivity contribution in [1.82, 2.24) is 10.2 Å². The first-order chi connectivity index (χ1) is 9.46. The summed E-state index contributed by atoms with van der Waals surface area (Å²) >= 11 is 1.78. The summed E-state index contributed by atoms with van der Waals surface area (Å²) in [4.78, 5) is 18.4. The van der Waals surface area contributed by atoms with E-state index in [0.29, 0.717) is 0 Å². The van der Waals surface area contributed by atoms with E-state index < -0.39 is 0 Å². The van der Waals surface area contributed by atoms with Gasteiger partial charge < -0.3 is 10.2 Å². The van der Waals surface area contributed by atoms with Crippen molar-refractivity contribution in [2.75, 3.05) is 19.3 Å². The van der Waals surface area contributed by atoms with Crippen LogP contribution >= 0.6 is 11.8 Å². The van der Waals surface area contributed by atoms with E-state index in [-0.39, 0.29) is 17.5 Å². The van der Waals surface area contributed by atoms with Gasteiger partial charge in [0.15, 0.2) is 5.17 Å². The number of aliphatic imine (C=N–C) groups is 1. The molecular weight excluding hydrogens is 270 g/mol. The Labute approximate surface area is 126 Å². The molecule has 5 heteroatoms. The smallest absolute Gasteiger partial charge is 0.246 e. The molecule has 1 heterocycles. The average molecular weight is 297 g/mol. The van der Waals surface area contributed by atoms with E-state index >= 15 is 0 Å². The standard InChI is InChI=1S/C15H27N3OS/c1-5-18(4)13(19)12(3)16-14-17-15(10-20-14)8-6-11(2)7-9-15/h11-12H,5-10H2,1-4H3,(H,16,17). The van der Waals surface area contributed by atoms with Gasteiger partial charge in [0, 0.05) is 24.9 Å². The first-order valence-corrected chi connectivity index (χ1v) is 8.68. The van der Waals surface area contributed by atoms with E-state index in [4.69, 9.17) is 0 Å². The molecule has 1 atom stereocenters. The molecule has 0 aromatic rings. The van der Waals surface area contributed by atoms with Crippen LogP contribution in [0, 0.1) is 5.92 Å². The lowest BCUT2D eigenvalue weighted by molar-refractivity contribution is -0.130. The molecule has 20 heavy (non-hydrogen) atoms. The van der Waals surface area contributed by atoms with Gasteiger partial charge in [-0.15, -0.1) is 0 Å². The molecule has 1 aliphatic carbocycles. The van der Waals surface area contributed by atoms with Crippen molar-refractivity contribution in [2.24, 2.45) is 10.9 Å². The predicted molar refractivity (Wildman–Crippen MR) is 86.2 cm³/mol. The van der Waals surface area contributed by atoms with Crippen LogP contribution in [0.1, 0.15) is 46.5 Å². The number of carbonyl (C=O) groups is 1. The highest BCUT2D eigenvalue weighted by Crippen LogP contribution is 2.38. The van der Waals surface area contributed by atoms with Crippen LogP contribution in [0.15, 0.2) is 4.99 Å². The van der Waals surface area contributed by atoms with Crippen LogP contribution in [0.4, 0.5) is 0 Å². The molecule has 1 aliphatic heterocycles. The number of thioether (sulfide) groups is 1. The van der Waals surface area contributed by atoms with Crippen LogP contribution in [-0.4, -0.2) is 46.9 Å². The topological polar surface area (TPSA) is 44.7 Å². The van der Waals surface area contributed by atoms with E-state index in [9.17, 15) is 4.79 Å². The molecule has 114 valence electrons. The number of nitrogens with one attached hydrogen (secondary N) is 1. The number of amides is 1. The zero-order valence-electron chi connectivity index (χ0n) is 13.1. The maximum Gasteiger partial charge on any atom is 0.246 e. The van der Waals surface area contributed by atoms with Gasteiger partial charge in [-0.2, -0.15) is 0 Å². The van der Waals surface area contributed by atoms with Gasteiger partial charge in [-0.3, -0.25) is 4.79 Å². The molecular formula is C15H27N3OS. The van der Waals surface area contributed by atoms with Crippen LogP contribution in [0.25, 0.3) is 0 Å². The summed E-state index contributed by atoms with van der Waals surface area (Å²) in [5.74, 6) is 2.05. The molecule has 1 unspecified atom stereocenters. The molecule has 0 aromatic heterocycles. The van der Waals surface area contributed by atoms with Gasteiger partial charge in [0.25, 0.3) is 0 Å². The van der Waals surface area contributed by atoms with E-state index in [0.717, 1.165) is 23.4 Å². The second kappa shape index (κ2) is 6.37. The van der Waals surface area contributed by atoms with Crippen molar-refractivity contribution in [3.63, 3.8) is 0 Å². The maximum absolute atomic E-state index is 12.1. The number of hydrogen-bond donors (Lipinski definition) is 1. The largest absolute Gasteiger partial charge is 0.359 e. The number of amidine groups is 1. The van der Waals surface area contributed by atoms with Gasteiger partial charge >= 0.3 is 0 Å². The summed E-state index contributed by atoms with van der Waals surface area (Å²) in [6, 6.07) is -0.285. The second-order valence-electron chi connectivity index (χ2n) is 6.34. The lowest BCUT2D eigenvalue weighted by Crippen LogP contribution is -2.46. The summed E-state index contributed by atoms with van der Waals surface area (Å²) in [6.45, 7) is 6.94. The Bertz CT molecular complexity index is 389. The summed E-state index contributed by atoms with van der Waals surface area (Å²) in [5.41, 5.74) is 0.245. The van der Waals surface area contributed by atoms with Crippen LogP contribution in [0.5, 0.6) is 0 Å². The molecule has 2 aliphatic rings.